The molecule has 2 heteroatoms. The molecule has 0 radical (unpaired) electrons. The van der Waals surface area contributed by atoms with E-state index < -0.39 is 0 Å². The Kier molecular flexibility index (Phi) is 5.76. The predicted octanol–water partition coefficient (Wildman–Crippen LogP) is 5.16. The van der Waals surface area contributed by atoms with Crippen molar-refractivity contribution in [2.24, 2.45) is 0 Å². The highest BCUT2D eigenvalue weighted by Crippen LogP contribution is 2.29. The molecule has 22 heavy (non-hydrogen) atoms. The highest BCUT2D eigenvalue weighted by molar-refractivity contribution is 5.89. The van der Waals surface area contributed by atoms with Crippen molar-refractivity contribution in [1.82, 2.24) is 0 Å². The van der Waals surface area contributed by atoms with Gasteiger partial charge >= 0.3 is 5.97 Å². The van der Waals surface area contributed by atoms with Gasteiger partial charge in [0.1, 0.15) is 0 Å². The molecule has 0 fully saturated rings. The van der Waals surface area contributed by atoms with E-state index in [0.717, 1.165) is 6.42 Å². The Labute approximate surface area is 133 Å². The molecule has 0 bridgehead atoms. The maximum Gasteiger partial charge on any atom is 0.338 e. The molecule has 0 aliphatic heterocycles. The van der Waals surface area contributed by atoms with Crippen molar-refractivity contribution in [3.05, 3.63) is 71.3 Å². The van der Waals surface area contributed by atoms with Crippen LogP contribution in [0, 0.1) is 0 Å². The zero-order valence-electron chi connectivity index (χ0n) is 13.6. The predicted molar refractivity (Wildman–Crippen MR) is 90.3 cm³/mol. The fraction of sp³-hybridized carbons (Fsp3) is 0.350. The minimum Gasteiger partial charge on any atom is -0.462 e. The monoisotopic (exact) mass is 296 g/mol. The van der Waals surface area contributed by atoms with E-state index in [0.29, 0.717) is 24.0 Å². The second kappa shape index (κ2) is 7.79. The number of rotatable bonds is 6. The molecule has 0 N–H and O–H groups in total. The summed E-state index contributed by atoms with van der Waals surface area (Å²) in [7, 11) is 0. The first-order chi connectivity index (χ1) is 10.6. The maximum absolute atomic E-state index is 11.7. The Balaban J connectivity index is 2.00. The van der Waals surface area contributed by atoms with Gasteiger partial charge in [0.25, 0.3) is 0 Å². The van der Waals surface area contributed by atoms with E-state index in [1.54, 1.807) is 0 Å². The first-order valence-electron chi connectivity index (χ1n) is 7.93. The van der Waals surface area contributed by atoms with Crippen molar-refractivity contribution in [3.63, 3.8) is 0 Å². The fourth-order valence-electron chi connectivity index (χ4n) is 2.75. The van der Waals surface area contributed by atoms with Gasteiger partial charge in [-0.05, 0) is 48.4 Å². The van der Waals surface area contributed by atoms with Gasteiger partial charge in [-0.25, -0.2) is 4.79 Å². The molecule has 0 amide bonds. The highest BCUT2D eigenvalue weighted by Gasteiger charge is 2.13. The van der Waals surface area contributed by atoms with Crippen molar-refractivity contribution >= 4 is 5.97 Å². The van der Waals surface area contributed by atoms with Crippen LogP contribution in [-0.2, 0) is 4.74 Å². The lowest BCUT2D eigenvalue weighted by molar-refractivity contribution is 0.0526. The molecular weight excluding hydrogens is 272 g/mol. The standard InChI is InChI=1S/C20H24O2/c1-4-22-20(21)19-12-10-18(11-13-19)16(3)14-15(2)17-8-6-5-7-9-17/h5-13,15-16H,4,14H2,1-3H3/t15-,16-/m1/s1. The summed E-state index contributed by atoms with van der Waals surface area (Å²) in [4.78, 5) is 11.7. The van der Waals surface area contributed by atoms with Gasteiger partial charge in [-0.15, -0.1) is 0 Å². The van der Waals surface area contributed by atoms with Crippen LogP contribution in [0.5, 0.6) is 0 Å². The van der Waals surface area contributed by atoms with Crippen LogP contribution in [0.2, 0.25) is 0 Å². The van der Waals surface area contributed by atoms with Crippen LogP contribution in [0.1, 0.15) is 60.5 Å². The molecule has 2 nitrogen and oxygen atoms in total. The summed E-state index contributed by atoms with van der Waals surface area (Å²) in [6, 6.07) is 18.4. The van der Waals surface area contributed by atoms with Crippen molar-refractivity contribution in [2.75, 3.05) is 6.61 Å². The Morgan fingerprint density at radius 1 is 0.909 bits per heavy atom. The number of esters is 1. The van der Waals surface area contributed by atoms with Crippen LogP contribution < -0.4 is 0 Å². The Bertz CT molecular complexity index is 587. The van der Waals surface area contributed by atoms with E-state index in [9.17, 15) is 4.79 Å². The van der Waals surface area contributed by atoms with Gasteiger partial charge in [0.2, 0.25) is 0 Å². The number of hydrogen-bond donors (Lipinski definition) is 0. The highest BCUT2D eigenvalue weighted by atomic mass is 16.5. The van der Waals surface area contributed by atoms with Crippen LogP contribution in [0.3, 0.4) is 0 Å². The molecule has 2 atom stereocenters. The van der Waals surface area contributed by atoms with Crippen molar-refractivity contribution in [1.29, 1.82) is 0 Å². The largest absolute Gasteiger partial charge is 0.462 e. The Morgan fingerprint density at radius 2 is 1.45 bits per heavy atom. The Morgan fingerprint density at radius 3 is 2.00 bits per heavy atom. The summed E-state index contributed by atoms with van der Waals surface area (Å²) in [6.45, 7) is 6.72. The van der Waals surface area contributed by atoms with Crippen molar-refractivity contribution < 1.29 is 9.53 Å². The molecule has 0 saturated heterocycles. The lowest BCUT2D eigenvalue weighted by atomic mass is 9.87. The van der Waals surface area contributed by atoms with Gasteiger partial charge in [-0.3, -0.25) is 0 Å². The topological polar surface area (TPSA) is 26.3 Å². The van der Waals surface area contributed by atoms with Gasteiger partial charge in [0.05, 0.1) is 12.2 Å². The van der Waals surface area contributed by atoms with E-state index in [2.05, 4.69) is 38.1 Å². The quantitative estimate of drug-likeness (QED) is 0.688. The third-order valence-electron chi connectivity index (χ3n) is 4.07. The number of carbonyl (C=O) groups is 1. The van der Waals surface area contributed by atoms with E-state index in [1.807, 2.05) is 37.3 Å². The summed E-state index contributed by atoms with van der Waals surface area (Å²) >= 11 is 0. The number of ether oxygens (including phenoxy) is 1. The second-order valence-corrected chi connectivity index (χ2v) is 5.79. The summed E-state index contributed by atoms with van der Waals surface area (Å²) < 4.78 is 5.01. The third kappa shape index (κ3) is 4.20. The zero-order chi connectivity index (χ0) is 15.9. The molecule has 0 aromatic heterocycles. The molecule has 0 spiro atoms. The van der Waals surface area contributed by atoms with Crippen LogP contribution in [0.15, 0.2) is 54.6 Å². The second-order valence-electron chi connectivity index (χ2n) is 5.79. The van der Waals surface area contributed by atoms with Crippen molar-refractivity contribution in [2.45, 2.75) is 39.0 Å². The minimum absolute atomic E-state index is 0.251. The van der Waals surface area contributed by atoms with Crippen LogP contribution in [0.25, 0.3) is 0 Å². The average molecular weight is 296 g/mol. The maximum atomic E-state index is 11.7. The molecule has 2 rings (SSSR count). The number of hydrogen-bond acceptors (Lipinski definition) is 2. The Hall–Kier alpha value is -2.09. The minimum atomic E-state index is -0.251. The summed E-state index contributed by atoms with van der Waals surface area (Å²) in [6.07, 6.45) is 1.09. The van der Waals surface area contributed by atoms with Crippen molar-refractivity contribution in [3.8, 4) is 0 Å². The van der Waals surface area contributed by atoms with E-state index in [-0.39, 0.29) is 5.97 Å². The summed E-state index contributed by atoms with van der Waals surface area (Å²) in [5.41, 5.74) is 3.25. The molecule has 0 aliphatic carbocycles. The molecule has 0 heterocycles. The van der Waals surface area contributed by atoms with E-state index in [4.69, 9.17) is 4.74 Å². The van der Waals surface area contributed by atoms with Crippen LogP contribution in [-0.4, -0.2) is 12.6 Å². The average Bonchev–Trinajstić information content (AvgIpc) is 2.56. The van der Waals surface area contributed by atoms with E-state index >= 15 is 0 Å². The molecule has 116 valence electrons. The number of carbonyl (C=O) groups excluding carboxylic acids is 1. The fourth-order valence-corrected chi connectivity index (χ4v) is 2.75. The van der Waals surface area contributed by atoms with Gasteiger partial charge in [-0.1, -0.05) is 56.3 Å². The van der Waals surface area contributed by atoms with Crippen LogP contribution in [0.4, 0.5) is 0 Å². The lowest BCUT2D eigenvalue weighted by Crippen LogP contribution is -2.05. The summed E-state index contributed by atoms with van der Waals surface area (Å²) in [5, 5.41) is 0. The van der Waals surface area contributed by atoms with Gasteiger partial charge < -0.3 is 4.74 Å². The normalized spacial score (nSPS) is 13.4. The first kappa shape index (κ1) is 16.3. The van der Waals surface area contributed by atoms with Crippen LogP contribution >= 0.6 is 0 Å². The molecule has 2 aromatic carbocycles. The van der Waals surface area contributed by atoms with Gasteiger partial charge in [-0.2, -0.15) is 0 Å². The first-order valence-corrected chi connectivity index (χ1v) is 7.93. The lowest BCUT2D eigenvalue weighted by Gasteiger charge is -2.18. The molecular formula is C20H24O2. The summed E-state index contributed by atoms with van der Waals surface area (Å²) in [5.74, 6) is 0.715. The number of benzene rings is 2. The SMILES string of the molecule is CCOC(=O)c1ccc([C@H](C)C[C@@H](C)c2ccccc2)cc1. The smallest absolute Gasteiger partial charge is 0.338 e. The molecule has 0 saturated carbocycles. The van der Waals surface area contributed by atoms with Gasteiger partial charge in [0, 0.05) is 0 Å². The van der Waals surface area contributed by atoms with E-state index in [1.165, 1.54) is 11.1 Å². The molecule has 0 unspecified atom stereocenters. The third-order valence-corrected chi connectivity index (χ3v) is 4.07. The molecule has 2 aromatic rings. The zero-order valence-corrected chi connectivity index (χ0v) is 13.6. The molecule has 0 aliphatic rings. The van der Waals surface area contributed by atoms with Gasteiger partial charge in [0.15, 0.2) is 0 Å².